The fourth-order valence-corrected chi connectivity index (χ4v) is 2.04. The second-order valence-electron chi connectivity index (χ2n) is 3.67. The van der Waals surface area contributed by atoms with Crippen molar-refractivity contribution in [2.75, 3.05) is 6.26 Å². The van der Waals surface area contributed by atoms with Crippen LogP contribution in [0, 0.1) is 0 Å². The van der Waals surface area contributed by atoms with E-state index in [2.05, 4.69) is 24.2 Å². The second kappa shape index (κ2) is 6.45. The molecule has 0 spiro atoms. The van der Waals surface area contributed by atoms with E-state index in [9.17, 15) is 4.79 Å². The molecule has 1 aliphatic heterocycles. The minimum absolute atomic E-state index is 0.121. The fourth-order valence-electron chi connectivity index (χ4n) is 1.37. The molecule has 0 unspecified atom stereocenters. The molecule has 1 N–H and O–H groups in total. The van der Waals surface area contributed by atoms with Crippen LogP contribution in [0.1, 0.15) is 27.2 Å². The van der Waals surface area contributed by atoms with Crippen LogP contribution in [0.15, 0.2) is 39.4 Å². The van der Waals surface area contributed by atoms with Gasteiger partial charge in [0.05, 0.1) is 5.03 Å². The molecule has 0 aromatic carbocycles. The first kappa shape index (κ1) is 13.8. The van der Waals surface area contributed by atoms with Gasteiger partial charge in [0.15, 0.2) is 0 Å². The molecule has 0 bridgehead atoms. The Labute approximate surface area is 107 Å². The number of amidine groups is 1. The lowest BCUT2D eigenvalue weighted by Gasteiger charge is -2.14. The van der Waals surface area contributed by atoms with E-state index >= 15 is 0 Å². The van der Waals surface area contributed by atoms with Crippen LogP contribution in [-0.4, -0.2) is 18.0 Å². The lowest BCUT2D eigenvalue weighted by atomic mass is 10.1. The summed E-state index contributed by atoms with van der Waals surface area (Å²) in [6.07, 6.45) is 8.20. The van der Waals surface area contributed by atoms with Gasteiger partial charge in [0.2, 0.25) is 5.91 Å². The molecule has 0 aromatic heterocycles. The number of nitrogens with one attached hydrogen (secondary N) is 1. The minimum Gasteiger partial charge on any atom is -0.307 e. The maximum absolute atomic E-state index is 11.3. The Morgan fingerprint density at radius 1 is 1.53 bits per heavy atom. The normalized spacial score (nSPS) is 21.8. The Kier molecular flexibility index (Phi) is 5.22. The molecule has 0 radical (unpaired) electrons. The number of hydrogen-bond donors (Lipinski definition) is 1. The van der Waals surface area contributed by atoms with E-state index in [0.717, 1.165) is 17.0 Å². The largest absolute Gasteiger partial charge is 0.307 e. The Hall–Kier alpha value is -1.29. The Balaban J connectivity index is 3.13. The molecule has 3 nitrogen and oxygen atoms in total. The number of thioether (sulfide) groups is 1. The van der Waals surface area contributed by atoms with E-state index in [0.29, 0.717) is 5.84 Å². The third-order valence-corrected chi connectivity index (χ3v) is 3.37. The van der Waals surface area contributed by atoms with Gasteiger partial charge in [0, 0.05) is 11.6 Å². The first-order valence-corrected chi connectivity index (χ1v) is 6.83. The summed E-state index contributed by atoms with van der Waals surface area (Å²) >= 11 is 1.60. The summed E-state index contributed by atoms with van der Waals surface area (Å²) < 4.78 is 0. The number of hydrogen-bond acceptors (Lipinski definition) is 3. The second-order valence-corrected chi connectivity index (χ2v) is 4.47. The van der Waals surface area contributed by atoms with Gasteiger partial charge in [-0.3, -0.25) is 4.79 Å². The quantitative estimate of drug-likeness (QED) is 0.836. The number of nitrogens with zero attached hydrogens (tertiary/aromatic N) is 1. The third kappa shape index (κ3) is 3.60. The van der Waals surface area contributed by atoms with Gasteiger partial charge in [-0.1, -0.05) is 13.0 Å². The average molecular weight is 250 g/mol. The molecule has 0 saturated heterocycles. The maximum atomic E-state index is 11.3. The predicted molar refractivity (Wildman–Crippen MR) is 75.0 cm³/mol. The Morgan fingerprint density at radius 3 is 2.76 bits per heavy atom. The summed E-state index contributed by atoms with van der Waals surface area (Å²) in [6, 6.07) is 0. The van der Waals surface area contributed by atoms with E-state index in [4.69, 9.17) is 0 Å². The highest BCUT2D eigenvalue weighted by Crippen LogP contribution is 2.21. The molecular formula is C13H18N2OS. The van der Waals surface area contributed by atoms with Crippen LogP contribution in [0.2, 0.25) is 0 Å². The molecule has 1 rings (SSSR count). The van der Waals surface area contributed by atoms with E-state index in [1.807, 2.05) is 19.3 Å². The van der Waals surface area contributed by atoms with Crippen molar-refractivity contribution in [3.63, 3.8) is 0 Å². The topological polar surface area (TPSA) is 41.5 Å². The Morgan fingerprint density at radius 2 is 2.24 bits per heavy atom. The van der Waals surface area contributed by atoms with Crippen LogP contribution in [-0.2, 0) is 4.79 Å². The van der Waals surface area contributed by atoms with Gasteiger partial charge in [-0.25, -0.2) is 4.99 Å². The average Bonchev–Trinajstić information content (AvgIpc) is 2.35. The van der Waals surface area contributed by atoms with Crippen LogP contribution in [0.5, 0.6) is 0 Å². The van der Waals surface area contributed by atoms with Crippen LogP contribution < -0.4 is 5.32 Å². The van der Waals surface area contributed by atoms with Gasteiger partial charge in [0.25, 0.3) is 0 Å². The molecule has 0 fully saturated rings. The van der Waals surface area contributed by atoms with Crippen LogP contribution in [0.3, 0.4) is 0 Å². The summed E-state index contributed by atoms with van der Waals surface area (Å²) in [7, 11) is 0. The molecule has 0 atom stereocenters. The van der Waals surface area contributed by atoms with Crippen molar-refractivity contribution in [2.24, 2.45) is 4.99 Å². The number of aliphatic imine (C=N–C) groups is 1. The standard InChI is InChI=1S/C13H18N2OS/c1-5-9(3)13(17-4)15-12-10(6-2)7-8-11(16)14-12/h6-8H,5H2,1-4H3,(H,14,15,16)/b10-6-,13-9-. The summed E-state index contributed by atoms with van der Waals surface area (Å²) in [6.45, 7) is 6.09. The first-order chi connectivity index (χ1) is 8.12. The zero-order chi connectivity index (χ0) is 12.8. The van der Waals surface area contributed by atoms with Crippen molar-refractivity contribution < 1.29 is 4.79 Å². The molecule has 1 aliphatic rings. The number of allylic oxidation sites excluding steroid dienone is 2. The molecule has 1 heterocycles. The summed E-state index contributed by atoms with van der Waals surface area (Å²) in [5.74, 6) is 0.515. The fraction of sp³-hybridized carbons (Fsp3) is 0.385. The van der Waals surface area contributed by atoms with E-state index in [1.165, 1.54) is 11.6 Å². The van der Waals surface area contributed by atoms with Crippen molar-refractivity contribution >= 4 is 23.5 Å². The van der Waals surface area contributed by atoms with Gasteiger partial charge in [-0.15, -0.1) is 11.8 Å². The van der Waals surface area contributed by atoms with Crippen molar-refractivity contribution in [3.05, 3.63) is 34.4 Å². The van der Waals surface area contributed by atoms with Crippen molar-refractivity contribution in [1.82, 2.24) is 5.32 Å². The molecule has 4 heteroatoms. The lowest BCUT2D eigenvalue weighted by molar-refractivity contribution is -0.115. The molecule has 0 aliphatic carbocycles. The molecule has 0 aromatic rings. The Bertz CT molecular complexity index is 431. The van der Waals surface area contributed by atoms with Gasteiger partial charge < -0.3 is 5.32 Å². The number of amides is 1. The molecule has 0 saturated carbocycles. The van der Waals surface area contributed by atoms with Gasteiger partial charge in [-0.2, -0.15) is 0 Å². The lowest BCUT2D eigenvalue weighted by Crippen LogP contribution is -2.33. The minimum atomic E-state index is -0.121. The van der Waals surface area contributed by atoms with E-state index in [-0.39, 0.29) is 5.91 Å². The van der Waals surface area contributed by atoms with Crippen molar-refractivity contribution in [1.29, 1.82) is 0 Å². The molecule has 17 heavy (non-hydrogen) atoms. The van der Waals surface area contributed by atoms with Gasteiger partial charge in [0.1, 0.15) is 5.84 Å². The van der Waals surface area contributed by atoms with Crippen molar-refractivity contribution in [2.45, 2.75) is 27.2 Å². The highest BCUT2D eigenvalue weighted by Gasteiger charge is 2.13. The van der Waals surface area contributed by atoms with E-state index < -0.39 is 0 Å². The molecular weight excluding hydrogens is 232 g/mol. The van der Waals surface area contributed by atoms with Gasteiger partial charge >= 0.3 is 0 Å². The maximum Gasteiger partial charge on any atom is 0.249 e. The van der Waals surface area contributed by atoms with Gasteiger partial charge in [-0.05, 0) is 38.2 Å². The highest BCUT2D eigenvalue weighted by molar-refractivity contribution is 8.02. The number of carbonyl (C=O) groups is 1. The van der Waals surface area contributed by atoms with Crippen LogP contribution >= 0.6 is 11.8 Å². The molecule has 1 amide bonds. The highest BCUT2D eigenvalue weighted by atomic mass is 32.2. The molecule has 92 valence electrons. The van der Waals surface area contributed by atoms with Crippen LogP contribution in [0.25, 0.3) is 0 Å². The first-order valence-electron chi connectivity index (χ1n) is 5.60. The van der Waals surface area contributed by atoms with Crippen LogP contribution in [0.4, 0.5) is 0 Å². The monoisotopic (exact) mass is 250 g/mol. The zero-order valence-corrected chi connectivity index (χ0v) is 11.5. The predicted octanol–water partition coefficient (Wildman–Crippen LogP) is 3.02. The number of rotatable bonds is 3. The summed E-state index contributed by atoms with van der Waals surface area (Å²) in [5, 5.41) is 3.74. The third-order valence-electron chi connectivity index (χ3n) is 2.54. The SMILES string of the molecule is C/C=C1/C=CC(=O)N/C1=N/C(SC)=C(\C)CC. The summed E-state index contributed by atoms with van der Waals surface area (Å²) in [4.78, 5) is 15.9. The number of carbonyl (C=O) groups excluding carboxylic acids is 1. The van der Waals surface area contributed by atoms with E-state index in [1.54, 1.807) is 17.8 Å². The summed E-state index contributed by atoms with van der Waals surface area (Å²) in [5.41, 5.74) is 2.17. The zero-order valence-electron chi connectivity index (χ0n) is 10.7. The van der Waals surface area contributed by atoms with Crippen molar-refractivity contribution in [3.8, 4) is 0 Å². The smallest absolute Gasteiger partial charge is 0.249 e.